The summed E-state index contributed by atoms with van der Waals surface area (Å²) in [5, 5.41) is 11.0. The van der Waals surface area contributed by atoms with Crippen molar-refractivity contribution in [2.75, 3.05) is 0 Å². The molecule has 0 spiro atoms. The van der Waals surface area contributed by atoms with E-state index in [1.807, 2.05) is 48.5 Å². The molecule has 7 nitrogen and oxygen atoms in total. The van der Waals surface area contributed by atoms with Crippen LogP contribution in [0.5, 0.6) is 5.75 Å². The van der Waals surface area contributed by atoms with Crippen LogP contribution in [0, 0.1) is 0 Å². The zero-order chi connectivity index (χ0) is 19.9. The van der Waals surface area contributed by atoms with Crippen LogP contribution in [-0.4, -0.2) is 25.9 Å². The van der Waals surface area contributed by atoms with Crippen molar-refractivity contribution in [1.82, 2.24) is 25.3 Å². The lowest BCUT2D eigenvalue weighted by molar-refractivity contribution is 0.0950. The van der Waals surface area contributed by atoms with E-state index in [0.717, 1.165) is 11.3 Å². The van der Waals surface area contributed by atoms with Crippen LogP contribution in [-0.2, 0) is 13.2 Å². The Morgan fingerprint density at radius 3 is 2.76 bits per heavy atom. The Labute approximate surface area is 168 Å². The molecule has 2 aromatic heterocycles. The first-order valence-electron chi connectivity index (χ1n) is 9.14. The first kappa shape index (κ1) is 18.4. The van der Waals surface area contributed by atoms with Gasteiger partial charge in [0.1, 0.15) is 18.1 Å². The van der Waals surface area contributed by atoms with Gasteiger partial charge in [-0.15, -0.1) is 5.10 Å². The number of rotatable bonds is 7. The van der Waals surface area contributed by atoms with Crippen LogP contribution in [0.3, 0.4) is 0 Å². The van der Waals surface area contributed by atoms with Crippen molar-refractivity contribution in [3.8, 4) is 11.4 Å². The summed E-state index contributed by atoms with van der Waals surface area (Å²) in [7, 11) is 0. The third-order valence-corrected chi connectivity index (χ3v) is 4.23. The van der Waals surface area contributed by atoms with E-state index in [9.17, 15) is 4.79 Å². The normalized spacial score (nSPS) is 10.5. The Balaban J connectivity index is 1.35. The number of nitrogens with one attached hydrogen (secondary N) is 1. The average molecular weight is 385 g/mol. The fraction of sp³-hybridized carbons (Fsp3) is 0.0909. The highest BCUT2D eigenvalue weighted by atomic mass is 16.5. The SMILES string of the molecule is O=C(NCc1cn(-c2cccnc2)nn1)c1cccc(OCc2ccccc2)c1. The maximum absolute atomic E-state index is 12.5. The van der Waals surface area contributed by atoms with Crippen LogP contribution < -0.4 is 10.1 Å². The van der Waals surface area contributed by atoms with Crippen molar-refractivity contribution in [3.05, 3.63) is 102 Å². The number of ether oxygens (including phenoxy) is 1. The van der Waals surface area contributed by atoms with Gasteiger partial charge in [-0.2, -0.15) is 0 Å². The number of hydrogen-bond donors (Lipinski definition) is 1. The molecule has 0 bridgehead atoms. The molecule has 0 fully saturated rings. The van der Waals surface area contributed by atoms with Crippen molar-refractivity contribution in [2.24, 2.45) is 0 Å². The zero-order valence-electron chi connectivity index (χ0n) is 15.6. The van der Waals surface area contributed by atoms with Gasteiger partial charge in [0.2, 0.25) is 0 Å². The summed E-state index contributed by atoms with van der Waals surface area (Å²) in [6, 6.07) is 20.7. The minimum atomic E-state index is -0.203. The Hall–Kier alpha value is -4.00. The van der Waals surface area contributed by atoms with E-state index in [2.05, 4.69) is 20.6 Å². The summed E-state index contributed by atoms with van der Waals surface area (Å²) in [5.41, 5.74) is 3.05. The molecule has 1 amide bonds. The smallest absolute Gasteiger partial charge is 0.251 e. The van der Waals surface area contributed by atoms with Crippen molar-refractivity contribution in [2.45, 2.75) is 13.2 Å². The lowest BCUT2D eigenvalue weighted by Gasteiger charge is -2.08. The highest BCUT2D eigenvalue weighted by Gasteiger charge is 2.09. The molecule has 1 N–H and O–H groups in total. The van der Waals surface area contributed by atoms with Crippen molar-refractivity contribution >= 4 is 5.91 Å². The molecule has 144 valence electrons. The van der Waals surface area contributed by atoms with Crippen molar-refractivity contribution in [1.29, 1.82) is 0 Å². The molecule has 0 aliphatic rings. The Bertz CT molecular complexity index is 1080. The van der Waals surface area contributed by atoms with E-state index in [1.54, 1.807) is 41.5 Å². The van der Waals surface area contributed by atoms with Gasteiger partial charge in [0.25, 0.3) is 5.91 Å². The number of benzene rings is 2. The maximum atomic E-state index is 12.5. The molecular formula is C22H19N5O2. The lowest BCUT2D eigenvalue weighted by atomic mass is 10.2. The Kier molecular flexibility index (Phi) is 5.57. The summed E-state index contributed by atoms with van der Waals surface area (Å²) in [6.07, 6.45) is 5.15. The van der Waals surface area contributed by atoms with E-state index < -0.39 is 0 Å². The molecule has 4 rings (SSSR count). The molecule has 0 saturated heterocycles. The van der Waals surface area contributed by atoms with Gasteiger partial charge in [0.15, 0.2) is 0 Å². The molecule has 7 heteroatoms. The van der Waals surface area contributed by atoms with Gasteiger partial charge in [0.05, 0.1) is 24.6 Å². The number of aromatic nitrogens is 4. The predicted octanol–water partition coefficient (Wildman–Crippen LogP) is 3.17. The largest absolute Gasteiger partial charge is 0.489 e. The highest BCUT2D eigenvalue weighted by molar-refractivity contribution is 5.94. The summed E-state index contributed by atoms with van der Waals surface area (Å²) in [6.45, 7) is 0.720. The molecule has 0 saturated carbocycles. The van der Waals surface area contributed by atoms with E-state index >= 15 is 0 Å². The van der Waals surface area contributed by atoms with Gasteiger partial charge in [-0.1, -0.05) is 41.6 Å². The number of carbonyl (C=O) groups is 1. The second-order valence-electron chi connectivity index (χ2n) is 6.35. The van der Waals surface area contributed by atoms with Gasteiger partial charge in [-0.25, -0.2) is 4.68 Å². The van der Waals surface area contributed by atoms with Crippen LogP contribution in [0.15, 0.2) is 85.3 Å². The second kappa shape index (κ2) is 8.79. The van der Waals surface area contributed by atoms with Crippen LogP contribution in [0.25, 0.3) is 5.69 Å². The minimum absolute atomic E-state index is 0.203. The fourth-order valence-corrected chi connectivity index (χ4v) is 2.74. The molecular weight excluding hydrogens is 366 g/mol. The summed E-state index contributed by atoms with van der Waals surface area (Å²) < 4.78 is 7.40. The van der Waals surface area contributed by atoms with Crippen LogP contribution in [0.4, 0.5) is 0 Å². The van der Waals surface area contributed by atoms with Gasteiger partial charge in [0, 0.05) is 11.8 Å². The average Bonchev–Trinajstić information content (AvgIpc) is 3.27. The topological polar surface area (TPSA) is 81.9 Å². The predicted molar refractivity (Wildman–Crippen MR) is 108 cm³/mol. The first-order chi connectivity index (χ1) is 14.3. The summed E-state index contributed by atoms with van der Waals surface area (Å²) >= 11 is 0. The van der Waals surface area contributed by atoms with Gasteiger partial charge in [-0.3, -0.25) is 9.78 Å². The van der Waals surface area contributed by atoms with Crippen molar-refractivity contribution in [3.63, 3.8) is 0 Å². The Morgan fingerprint density at radius 2 is 1.93 bits per heavy atom. The minimum Gasteiger partial charge on any atom is -0.489 e. The van der Waals surface area contributed by atoms with Gasteiger partial charge in [-0.05, 0) is 35.9 Å². The van der Waals surface area contributed by atoms with Crippen LogP contribution in [0.2, 0.25) is 0 Å². The van der Waals surface area contributed by atoms with E-state index in [1.165, 1.54) is 0 Å². The van der Waals surface area contributed by atoms with E-state index in [-0.39, 0.29) is 12.5 Å². The van der Waals surface area contributed by atoms with Crippen LogP contribution in [0.1, 0.15) is 21.6 Å². The monoisotopic (exact) mass is 385 g/mol. The molecule has 0 atom stereocenters. The number of nitrogens with zero attached hydrogens (tertiary/aromatic N) is 4. The molecule has 0 aliphatic carbocycles. The van der Waals surface area contributed by atoms with Gasteiger partial charge < -0.3 is 10.1 Å². The molecule has 2 heterocycles. The molecule has 29 heavy (non-hydrogen) atoms. The molecule has 4 aromatic rings. The molecule has 0 unspecified atom stereocenters. The molecule has 0 aliphatic heterocycles. The summed E-state index contributed by atoms with van der Waals surface area (Å²) in [4.78, 5) is 16.5. The Morgan fingerprint density at radius 1 is 1.03 bits per heavy atom. The molecule has 0 radical (unpaired) electrons. The number of amides is 1. The standard InChI is InChI=1S/C22H19N5O2/c28-22(24-13-19-15-27(26-25-19)20-9-5-11-23-14-20)18-8-4-10-21(12-18)29-16-17-6-2-1-3-7-17/h1-12,14-15H,13,16H2,(H,24,28). The zero-order valence-corrected chi connectivity index (χ0v) is 15.6. The van der Waals surface area contributed by atoms with E-state index in [4.69, 9.17) is 4.74 Å². The molecule has 2 aromatic carbocycles. The van der Waals surface area contributed by atoms with Gasteiger partial charge >= 0.3 is 0 Å². The third kappa shape index (κ3) is 4.84. The number of pyridine rings is 1. The number of carbonyl (C=O) groups excluding carboxylic acids is 1. The first-order valence-corrected chi connectivity index (χ1v) is 9.14. The summed E-state index contributed by atoms with van der Waals surface area (Å²) in [5.74, 6) is 0.440. The maximum Gasteiger partial charge on any atom is 0.251 e. The number of hydrogen-bond acceptors (Lipinski definition) is 5. The second-order valence-corrected chi connectivity index (χ2v) is 6.35. The lowest BCUT2D eigenvalue weighted by Crippen LogP contribution is -2.23. The quantitative estimate of drug-likeness (QED) is 0.528. The third-order valence-electron chi connectivity index (χ3n) is 4.23. The fourth-order valence-electron chi connectivity index (χ4n) is 2.74. The van der Waals surface area contributed by atoms with Crippen LogP contribution >= 0.6 is 0 Å². The van der Waals surface area contributed by atoms with E-state index in [0.29, 0.717) is 23.6 Å². The van der Waals surface area contributed by atoms with Crippen molar-refractivity contribution < 1.29 is 9.53 Å². The highest BCUT2D eigenvalue weighted by Crippen LogP contribution is 2.15.